The van der Waals surface area contributed by atoms with Crippen LogP contribution < -0.4 is 5.32 Å². The van der Waals surface area contributed by atoms with Crippen LogP contribution in [0, 0.1) is 3.57 Å². The lowest BCUT2D eigenvalue weighted by atomic mass is 9.99. The maximum Gasteiger partial charge on any atom is 0.0587 e. The molecule has 1 unspecified atom stereocenters. The van der Waals surface area contributed by atoms with E-state index in [1.165, 1.54) is 14.7 Å². The van der Waals surface area contributed by atoms with Crippen molar-refractivity contribution in [2.45, 2.75) is 13.0 Å². The minimum atomic E-state index is 0.196. The van der Waals surface area contributed by atoms with Gasteiger partial charge < -0.3 is 5.32 Å². The summed E-state index contributed by atoms with van der Waals surface area (Å²) in [6.45, 7) is 3.04. The molecule has 0 aromatic heterocycles. The topological polar surface area (TPSA) is 12.0 Å². The highest BCUT2D eigenvalue weighted by Gasteiger charge is 2.15. The molecule has 0 radical (unpaired) electrons. The zero-order chi connectivity index (χ0) is 13.0. The first-order valence-electron chi connectivity index (χ1n) is 5.95. The number of benzene rings is 2. The van der Waals surface area contributed by atoms with Crippen LogP contribution in [0.4, 0.5) is 0 Å². The molecule has 3 heteroatoms. The van der Waals surface area contributed by atoms with Crippen molar-refractivity contribution in [3.8, 4) is 0 Å². The average Bonchev–Trinajstić information content (AvgIpc) is 2.37. The van der Waals surface area contributed by atoms with E-state index >= 15 is 0 Å². The molecule has 2 rings (SSSR count). The molecule has 0 amide bonds. The van der Waals surface area contributed by atoms with Gasteiger partial charge in [0.25, 0.3) is 0 Å². The molecule has 2 aromatic rings. The Morgan fingerprint density at radius 2 is 1.94 bits per heavy atom. The Hall–Kier alpha value is -0.580. The summed E-state index contributed by atoms with van der Waals surface area (Å²) >= 11 is 8.46. The number of hydrogen-bond donors (Lipinski definition) is 1. The second-order valence-electron chi connectivity index (χ2n) is 4.07. The SMILES string of the molecule is CCNC(c1cccc(Cl)c1)c1ccccc1I. The normalized spacial score (nSPS) is 12.4. The summed E-state index contributed by atoms with van der Waals surface area (Å²) in [5.74, 6) is 0. The molecule has 0 fully saturated rings. The molecule has 0 saturated carbocycles. The maximum absolute atomic E-state index is 6.09. The van der Waals surface area contributed by atoms with Crippen molar-refractivity contribution in [3.63, 3.8) is 0 Å². The van der Waals surface area contributed by atoms with E-state index in [0.29, 0.717) is 0 Å². The van der Waals surface area contributed by atoms with Crippen LogP contribution in [0.2, 0.25) is 5.02 Å². The van der Waals surface area contributed by atoms with Gasteiger partial charge in [-0.05, 0) is 58.5 Å². The third-order valence-corrected chi connectivity index (χ3v) is 4.02. The molecule has 0 saturated heterocycles. The molecule has 0 aliphatic heterocycles. The van der Waals surface area contributed by atoms with Crippen molar-refractivity contribution in [1.29, 1.82) is 0 Å². The fraction of sp³-hybridized carbons (Fsp3) is 0.200. The van der Waals surface area contributed by atoms with Crippen LogP contribution in [0.1, 0.15) is 24.1 Å². The summed E-state index contributed by atoms with van der Waals surface area (Å²) in [5, 5.41) is 4.30. The molecule has 1 nitrogen and oxygen atoms in total. The Bertz CT molecular complexity index is 527. The van der Waals surface area contributed by atoms with Gasteiger partial charge in [0.2, 0.25) is 0 Å². The zero-order valence-electron chi connectivity index (χ0n) is 10.2. The molecular formula is C15H15ClIN. The van der Waals surface area contributed by atoms with Gasteiger partial charge in [-0.1, -0.05) is 48.9 Å². The first-order valence-corrected chi connectivity index (χ1v) is 7.41. The van der Waals surface area contributed by atoms with Gasteiger partial charge in [0.05, 0.1) is 6.04 Å². The Morgan fingerprint density at radius 3 is 2.61 bits per heavy atom. The monoisotopic (exact) mass is 371 g/mol. The van der Waals surface area contributed by atoms with Gasteiger partial charge in [0.15, 0.2) is 0 Å². The standard InChI is InChI=1S/C15H15ClIN/c1-2-18-15(11-6-5-7-12(16)10-11)13-8-3-4-9-14(13)17/h3-10,15,18H,2H2,1H3. The average molecular weight is 372 g/mol. The van der Waals surface area contributed by atoms with Gasteiger partial charge in [-0.15, -0.1) is 0 Å². The number of halogens is 2. The first kappa shape index (κ1) is 13.8. The van der Waals surface area contributed by atoms with E-state index < -0.39 is 0 Å². The van der Waals surface area contributed by atoms with Crippen LogP contribution in [0.25, 0.3) is 0 Å². The predicted octanol–water partition coefficient (Wildman–Crippen LogP) is 4.64. The number of rotatable bonds is 4. The van der Waals surface area contributed by atoms with Crippen LogP contribution in [-0.4, -0.2) is 6.54 Å². The Morgan fingerprint density at radius 1 is 1.17 bits per heavy atom. The summed E-state index contributed by atoms with van der Waals surface area (Å²) in [6.07, 6.45) is 0. The lowest BCUT2D eigenvalue weighted by Crippen LogP contribution is -2.22. The van der Waals surface area contributed by atoms with Gasteiger partial charge >= 0.3 is 0 Å². The summed E-state index contributed by atoms with van der Waals surface area (Å²) < 4.78 is 1.26. The van der Waals surface area contributed by atoms with Crippen molar-refractivity contribution >= 4 is 34.2 Å². The molecule has 0 aliphatic rings. The molecule has 0 spiro atoms. The number of nitrogens with one attached hydrogen (secondary N) is 1. The first-order chi connectivity index (χ1) is 8.72. The second-order valence-corrected chi connectivity index (χ2v) is 5.67. The van der Waals surface area contributed by atoms with E-state index in [1.807, 2.05) is 18.2 Å². The molecule has 2 aromatic carbocycles. The van der Waals surface area contributed by atoms with E-state index in [2.05, 4.69) is 65.2 Å². The van der Waals surface area contributed by atoms with Crippen molar-refractivity contribution < 1.29 is 0 Å². The Balaban J connectivity index is 2.43. The van der Waals surface area contributed by atoms with Crippen molar-refractivity contribution in [3.05, 3.63) is 68.3 Å². The van der Waals surface area contributed by atoms with Crippen molar-refractivity contribution in [1.82, 2.24) is 5.32 Å². The van der Waals surface area contributed by atoms with Crippen LogP contribution in [-0.2, 0) is 0 Å². The maximum atomic E-state index is 6.09. The molecule has 18 heavy (non-hydrogen) atoms. The fourth-order valence-electron chi connectivity index (χ4n) is 2.01. The molecule has 94 valence electrons. The summed E-state index contributed by atoms with van der Waals surface area (Å²) in [4.78, 5) is 0. The quantitative estimate of drug-likeness (QED) is 0.772. The van der Waals surface area contributed by atoms with Crippen LogP contribution >= 0.6 is 34.2 Å². The molecule has 1 atom stereocenters. The van der Waals surface area contributed by atoms with E-state index in [-0.39, 0.29) is 6.04 Å². The third-order valence-electron chi connectivity index (χ3n) is 2.81. The van der Waals surface area contributed by atoms with Gasteiger partial charge in [0, 0.05) is 8.59 Å². The van der Waals surface area contributed by atoms with Crippen molar-refractivity contribution in [2.24, 2.45) is 0 Å². The fourth-order valence-corrected chi connectivity index (χ4v) is 2.90. The number of hydrogen-bond acceptors (Lipinski definition) is 1. The molecule has 1 N–H and O–H groups in total. The summed E-state index contributed by atoms with van der Waals surface area (Å²) in [7, 11) is 0. The highest BCUT2D eigenvalue weighted by Crippen LogP contribution is 2.27. The second kappa shape index (κ2) is 6.55. The lowest BCUT2D eigenvalue weighted by molar-refractivity contribution is 0.628. The lowest BCUT2D eigenvalue weighted by Gasteiger charge is -2.20. The Labute approximate surface area is 127 Å². The van der Waals surface area contributed by atoms with E-state index in [0.717, 1.165) is 11.6 Å². The molecule has 0 bridgehead atoms. The van der Waals surface area contributed by atoms with E-state index in [9.17, 15) is 0 Å². The molecule has 0 aliphatic carbocycles. The van der Waals surface area contributed by atoms with Crippen LogP contribution in [0.3, 0.4) is 0 Å². The highest BCUT2D eigenvalue weighted by atomic mass is 127. The summed E-state index contributed by atoms with van der Waals surface area (Å²) in [6, 6.07) is 16.7. The predicted molar refractivity (Wildman–Crippen MR) is 86.1 cm³/mol. The third kappa shape index (κ3) is 3.25. The summed E-state index contributed by atoms with van der Waals surface area (Å²) in [5.41, 5.74) is 2.50. The van der Waals surface area contributed by atoms with Gasteiger partial charge in [-0.2, -0.15) is 0 Å². The van der Waals surface area contributed by atoms with Crippen molar-refractivity contribution in [2.75, 3.05) is 6.54 Å². The highest BCUT2D eigenvalue weighted by molar-refractivity contribution is 14.1. The largest absolute Gasteiger partial charge is 0.306 e. The smallest absolute Gasteiger partial charge is 0.0587 e. The van der Waals surface area contributed by atoms with E-state index in [1.54, 1.807) is 0 Å². The van der Waals surface area contributed by atoms with Gasteiger partial charge in [-0.3, -0.25) is 0 Å². The zero-order valence-corrected chi connectivity index (χ0v) is 13.1. The minimum absolute atomic E-state index is 0.196. The van der Waals surface area contributed by atoms with Crippen LogP contribution in [0.15, 0.2) is 48.5 Å². The van der Waals surface area contributed by atoms with Crippen LogP contribution in [0.5, 0.6) is 0 Å². The Kier molecular flexibility index (Phi) is 5.03. The molecular weight excluding hydrogens is 357 g/mol. The minimum Gasteiger partial charge on any atom is -0.306 e. The van der Waals surface area contributed by atoms with Gasteiger partial charge in [-0.25, -0.2) is 0 Å². The van der Waals surface area contributed by atoms with Gasteiger partial charge in [0.1, 0.15) is 0 Å². The molecule has 0 heterocycles. The van der Waals surface area contributed by atoms with E-state index in [4.69, 9.17) is 11.6 Å².